The summed E-state index contributed by atoms with van der Waals surface area (Å²) in [7, 11) is 0. The molecule has 0 saturated heterocycles. The second-order valence-corrected chi connectivity index (χ2v) is 1.91. The molecule has 0 atom stereocenters. The van der Waals surface area contributed by atoms with Gasteiger partial charge in [0.1, 0.15) is 0 Å². The molecular weight excluding hydrogens is 136 g/mol. The zero-order chi connectivity index (χ0) is 8.15. The minimum Gasteiger partial charge on any atom is -0.478 e. The van der Waals surface area contributed by atoms with Crippen molar-refractivity contribution in [3.8, 4) is 0 Å². The molecule has 0 unspecified atom stereocenters. The topological polar surface area (TPSA) is 77.8 Å². The van der Waals surface area contributed by atoms with Crippen LogP contribution in [-0.4, -0.2) is 27.6 Å². The second-order valence-electron chi connectivity index (χ2n) is 1.91. The molecule has 0 aromatic carbocycles. The van der Waals surface area contributed by atoms with Gasteiger partial charge in [-0.1, -0.05) is 6.08 Å². The van der Waals surface area contributed by atoms with Crippen molar-refractivity contribution in [1.82, 2.24) is 0 Å². The van der Waals surface area contributed by atoms with Gasteiger partial charge in [0.25, 0.3) is 0 Å². The second kappa shape index (κ2) is 4.03. The molecule has 0 heterocycles. The summed E-state index contributed by atoms with van der Waals surface area (Å²) >= 11 is 0. The molecule has 0 fully saturated rings. The van der Waals surface area contributed by atoms with Gasteiger partial charge in [0.15, 0.2) is 6.29 Å². The van der Waals surface area contributed by atoms with E-state index in [0.29, 0.717) is 0 Å². The summed E-state index contributed by atoms with van der Waals surface area (Å²) in [6.45, 7) is 1.39. The third-order valence-corrected chi connectivity index (χ3v) is 0.972. The van der Waals surface area contributed by atoms with Crippen molar-refractivity contribution in [2.45, 2.75) is 19.6 Å². The molecule has 0 bridgehead atoms. The molecule has 4 heteroatoms. The molecule has 0 saturated carbocycles. The molecule has 3 N–H and O–H groups in total. The molecule has 0 rings (SSSR count). The Hall–Kier alpha value is -0.870. The molecule has 4 nitrogen and oxygen atoms in total. The Morgan fingerprint density at radius 3 is 2.40 bits per heavy atom. The first-order valence-electron chi connectivity index (χ1n) is 2.80. The molecule has 58 valence electrons. The van der Waals surface area contributed by atoms with Crippen LogP contribution in [0.5, 0.6) is 0 Å². The zero-order valence-electron chi connectivity index (χ0n) is 5.61. The lowest BCUT2D eigenvalue weighted by Gasteiger charge is -1.96. The number of hydrogen-bond donors (Lipinski definition) is 3. The number of aliphatic hydroxyl groups excluding tert-OH is 1. The zero-order valence-corrected chi connectivity index (χ0v) is 5.61. The van der Waals surface area contributed by atoms with Gasteiger partial charge in [0.05, 0.1) is 0 Å². The van der Waals surface area contributed by atoms with Gasteiger partial charge in [-0.3, -0.25) is 0 Å². The van der Waals surface area contributed by atoms with E-state index < -0.39 is 12.3 Å². The van der Waals surface area contributed by atoms with E-state index in [4.69, 9.17) is 15.3 Å². The summed E-state index contributed by atoms with van der Waals surface area (Å²) in [5, 5.41) is 24.9. The number of rotatable bonds is 3. The molecule has 0 aliphatic rings. The molecule has 0 aliphatic carbocycles. The normalized spacial score (nSPS) is 12.2. The summed E-state index contributed by atoms with van der Waals surface area (Å²) in [6, 6.07) is 0. The molecular formula is C6H10O4. The molecule has 0 radical (unpaired) electrons. The highest BCUT2D eigenvalue weighted by Gasteiger charge is 1.99. The summed E-state index contributed by atoms with van der Waals surface area (Å²) in [6.07, 6.45) is -0.250. The Labute approximate surface area is 58.4 Å². The summed E-state index contributed by atoms with van der Waals surface area (Å²) in [4.78, 5) is 10.1. The maximum absolute atomic E-state index is 10.1. The van der Waals surface area contributed by atoms with Gasteiger partial charge in [-0.25, -0.2) is 4.79 Å². The predicted molar refractivity (Wildman–Crippen MR) is 34.2 cm³/mol. The van der Waals surface area contributed by atoms with Gasteiger partial charge >= 0.3 is 5.97 Å². The molecule has 10 heavy (non-hydrogen) atoms. The average Bonchev–Trinajstić information content (AvgIpc) is 1.82. The molecule has 0 amide bonds. The van der Waals surface area contributed by atoms with Crippen LogP contribution in [0.2, 0.25) is 0 Å². The lowest BCUT2D eigenvalue weighted by molar-refractivity contribution is -0.132. The van der Waals surface area contributed by atoms with E-state index in [9.17, 15) is 4.79 Å². The van der Waals surface area contributed by atoms with Gasteiger partial charge in [-0.15, -0.1) is 0 Å². The van der Waals surface area contributed by atoms with Crippen molar-refractivity contribution in [1.29, 1.82) is 0 Å². The quantitative estimate of drug-likeness (QED) is 0.378. The number of carboxylic acids is 1. The lowest BCUT2D eigenvalue weighted by atomic mass is 10.2. The number of aliphatic carboxylic acids is 1. The van der Waals surface area contributed by atoms with Gasteiger partial charge in [0.2, 0.25) is 0 Å². The van der Waals surface area contributed by atoms with Crippen LogP contribution >= 0.6 is 0 Å². The fourth-order valence-electron chi connectivity index (χ4n) is 0.369. The number of carboxylic acid groups (broad SMARTS) is 1. The lowest BCUT2D eigenvalue weighted by Crippen LogP contribution is -2.03. The largest absolute Gasteiger partial charge is 0.478 e. The van der Waals surface area contributed by atoms with E-state index in [1.807, 2.05) is 0 Å². The van der Waals surface area contributed by atoms with Crippen molar-refractivity contribution >= 4 is 5.97 Å². The SMILES string of the molecule is CC(=CCC(O)O)C(=O)O. The van der Waals surface area contributed by atoms with Crippen LogP contribution in [0.25, 0.3) is 0 Å². The first-order valence-corrected chi connectivity index (χ1v) is 2.80. The molecule has 0 aliphatic heterocycles. The molecule has 0 aromatic rings. The Morgan fingerprint density at radius 1 is 1.60 bits per heavy atom. The third-order valence-electron chi connectivity index (χ3n) is 0.972. The monoisotopic (exact) mass is 146 g/mol. The van der Waals surface area contributed by atoms with Gasteiger partial charge < -0.3 is 15.3 Å². The minimum absolute atomic E-state index is 0.0435. The van der Waals surface area contributed by atoms with E-state index in [2.05, 4.69) is 0 Å². The summed E-state index contributed by atoms with van der Waals surface area (Å²) in [5.74, 6) is -1.04. The Bertz CT molecular complexity index is 148. The van der Waals surface area contributed by atoms with Crippen LogP contribution in [0.1, 0.15) is 13.3 Å². The summed E-state index contributed by atoms with van der Waals surface area (Å²) in [5.41, 5.74) is 0.119. The predicted octanol–water partition coefficient (Wildman–Crippen LogP) is -0.282. The van der Waals surface area contributed by atoms with E-state index in [-0.39, 0.29) is 12.0 Å². The van der Waals surface area contributed by atoms with Crippen molar-refractivity contribution in [3.05, 3.63) is 11.6 Å². The highest BCUT2D eigenvalue weighted by molar-refractivity contribution is 5.85. The maximum atomic E-state index is 10.1. The first kappa shape index (κ1) is 9.13. The van der Waals surface area contributed by atoms with Crippen molar-refractivity contribution < 1.29 is 20.1 Å². The smallest absolute Gasteiger partial charge is 0.330 e. The van der Waals surface area contributed by atoms with Crippen molar-refractivity contribution in [3.63, 3.8) is 0 Å². The highest BCUT2D eigenvalue weighted by atomic mass is 16.5. The van der Waals surface area contributed by atoms with Crippen LogP contribution in [0.3, 0.4) is 0 Å². The molecule has 0 spiro atoms. The van der Waals surface area contributed by atoms with Gasteiger partial charge in [0, 0.05) is 12.0 Å². The van der Waals surface area contributed by atoms with Crippen LogP contribution in [0.4, 0.5) is 0 Å². The Kier molecular flexibility index (Phi) is 3.68. The average molecular weight is 146 g/mol. The van der Waals surface area contributed by atoms with Crippen LogP contribution in [0, 0.1) is 0 Å². The van der Waals surface area contributed by atoms with Crippen LogP contribution in [0.15, 0.2) is 11.6 Å². The maximum Gasteiger partial charge on any atom is 0.330 e. The first-order chi connectivity index (χ1) is 4.54. The molecule has 0 aromatic heterocycles. The summed E-state index contributed by atoms with van der Waals surface area (Å²) < 4.78 is 0. The fraction of sp³-hybridized carbons (Fsp3) is 0.500. The van der Waals surface area contributed by atoms with E-state index in [0.717, 1.165) is 0 Å². The third kappa shape index (κ3) is 4.05. The number of aliphatic hydroxyl groups is 2. The van der Waals surface area contributed by atoms with Gasteiger partial charge in [-0.05, 0) is 6.92 Å². The van der Waals surface area contributed by atoms with Crippen molar-refractivity contribution in [2.75, 3.05) is 0 Å². The van der Waals surface area contributed by atoms with E-state index >= 15 is 0 Å². The van der Waals surface area contributed by atoms with Crippen LogP contribution in [-0.2, 0) is 4.79 Å². The minimum atomic E-state index is -1.46. The van der Waals surface area contributed by atoms with Gasteiger partial charge in [-0.2, -0.15) is 0 Å². The Morgan fingerprint density at radius 2 is 2.10 bits per heavy atom. The number of carbonyl (C=O) groups is 1. The number of hydrogen-bond acceptors (Lipinski definition) is 3. The van der Waals surface area contributed by atoms with Crippen molar-refractivity contribution in [2.24, 2.45) is 0 Å². The Balaban J connectivity index is 3.81. The van der Waals surface area contributed by atoms with E-state index in [1.165, 1.54) is 13.0 Å². The standard InChI is InChI=1S/C6H10O4/c1-4(6(9)10)2-3-5(7)8/h2,5,7-8H,3H2,1H3,(H,9,10). The van der Waals surface area contributed by atoms with E-state index in [1.54, 1.807) is 0 Å². The highest BCUT2D eigenvalue weighted by Crippen LogP contribution is 1.96. The fourth-order valence-corrected chi connectivity index (χ4v) is 0.369. The van der Waals surface area contributed by atoms with Crippen LogP contribution < -0.4 is 0 Å².